The van der Waals surface area contributed by atoms with Gasteiger partial charge in [-0.25, -0.2) is 8.42 Å². The summed E-state index contributed by atoms with van der Waals surface area (Å²) in [5.41, 5.74) is 0.826. The fourth-order valence-corrected chi connectivity index (χ4v) is 5.01. The van der Waals surface area contributed by atoms with E-state index in [0.717, 1.165) is 25.1 Å². The Kier molecular flexibility index (Phi) is 2.92. The van der Waals surface area contributed by atoms with Crippen LogP contribution in [-0.2, 0) is 10.0 Å². The Hall–Kier alpha value is -0.910. The molecule has 5 heteroatoms. The van der Waals surface area contributed by atoms with Crippen LogP contribution in [0.4, 0.5) is 0 Å². The van der Waals surface area contributed by atoms with Gasteiger partial charge in [0.25, 0.3) is 0 Å². The normalized spacial score (nSPS) is 28.5. The molecule has 0 unspecified atom stereocenters. The molecule has 2 heterocycles. The average Bonchev–Trinajstić information content (AvgIpc) is 2.90. The van der Waals surface area contributed by atoms with Crippen LogP contribution in [0.2, 0.25) is 0 Å². The van der Waals surface area contributed by atoms with Gasteiger partial charge < -0.3 is 5.32 Å². The summed E-state index contributed by atoms with van der Waals surface area (Å²) in [6.07, 6.45) is 0.975. The van der Waals surface area contributed by atoms with Gasteiger partial charge in [0.15, 0.2) is 0 Å². The minimum absolute atomic E-state index is 0.148. The van der Waals surface area contributed by atoms with Crippen molar-refractivity contribution in [2.45, 2.75) is 24.3 Å². The van der Waals surface area contributed by atoms with Gasteiger partial charge in [0.2, 0.25) is 10.0 Å². The summed E-state index contributed by atoms with van der Waals surface area (Å²) in [7, 11) is -3.33. The molecule has 0 bridgehead atoms. The smallest absolute Gasteiger partial charge is 0.243 e. The summed E-state index contributed by atoms with van der Waals surface area (Å²) in [5, 5.41) is 3.29. The van der Waals surface area contributed by atoms with Gasteiger partial charge in [-0.3, -0.25) is 0 Å². The van der Waals surface area contributed by atoms with Gasteiger partial charge in [-0.1, -0.05) is 18.2 Å². The van der Waals surface area contributed by atoms with Gasteiger partial charge in [-0.05, 0) is 37.4 Å². The number of rotatable bonds is 2. The molecule has 1 aromatic carbocycles. The molecular formula is C13H18N2O2S. The molecule has 2 atom stereocenters. The van der Waals surface area contributed by atoms with E-state index in [1.165, 1.54) is 0 Å². The van der Waals surface area contributed by atoms with Crippen LogP contribution < -0.4 is 5.32 Å². The molecule has 0 amide bonds. The molecule has 4 nitrogen and oxygen atoms in total. The molecule has 1 N–H and O–H groups in total. The SMILES string of the molecule is Cc1ccccc1S(=O)(=O)N1CC[C@H]2CNC[C@H]21. The Bertz CT molecular complexity index is 556. The van der Waals surface area contributed by atoms with E-state index in [-0.39, 0.29) is 6.04 Å². The molecule has 2 aliphatic heterocycles. The fourth-order valence-electron chi connectivity index (χ4n) is 3.08. The predicted molar refractivity (Wildman–Crippen MR) is 69.8 cm³/mol. The van der Waals surface area contributed by atoms with Crippen LogP contribution >= 0.6 is 0 Å². The minimum atomic E-state index is -3.33. The highest BCUT2D eigenvalue weighted by Gasteiger charge is 2.43. The number of aryl methyl sites for hydroxylation is 1. The third-order valence-electron chi connectivity index (χ3n) is 4.07. The molecule has 2 saturated heterocycles. The first kappa shape index (κ1) is 12.1. The average molecular weight is 266 g/mol. The third-order valence-corrected chi connectivity index (χ3v) is 6.16. The predicted octanol–water partition coefficient (Wildman–Crippen LogP) is 0.977. The summed E-state index contributed by atoms with van der Waals surface area (Å²) in [6.45, 7) is 4.25. The molecule has 0 aromatic heterocycles. The maximum atomic E-state index is 12.7. The highest BCUT2D eigenvalue weighted by molar-refractivity contribution is 7.89. The molecule has 0 spiro atoms. The van der Waals surface area contributed by atoms with Crippen LogP contribution in [0.5, 0.6) is 0 Å². The minimum Gasteiger partial charge on any atom is -0.315 e. The fraction of sp³-hybridized carbons (Fsp3) is 0.538. The van der Waals surface area contributed by atoms with Crippen molar-refractivity contribution in [2.24, 2.45) is 5.92 Å². The number of fused-ring (bicyclic) bond motifs is 1. The summed E-state index contributed by atoms with van der Waals surface area (Å²) in [4.78, 5) is 0.456. The molecule has 3 rings (SSSR count). The van der Waals surface area contributed by atoms with Crippen LogP contribution in [0.1, 0.15) is 12.0 Å². The number of hydrogen-bond donors (Lipinski definition) is 1. The van der Waals surface area contributed by atoms with E-state index in [1.54, 1.807) is 16.4 Å². The number of hydrogen-bond acceptors (Lipinski definition) is 3. The summed E-state index contributed by atoms with van der Waals surface area (Å²) >= 11 is 0. The summed E-state index contributed by atoms with van der Waals surface area (Å²) in [5.74, 6) is 0.490. The zero-order valence-electron chi connectivity index (χ0n) is 10.5. The van der Waals surface area contributed by atoms with E-state index in [9.17, 15) is 8.42 Å². The Morgan fingerprint density at radius 1 is 1.28 bits per heavy atom. The molecule has 0 saturated carbocycles. The van der Waals surface area contributed by atoms with Crippen LogP contribution in [0.3, 0.4) is 0 Å². The second-order valence-corrected chi connectivity index (χ2v) is 7.01. The highest BCUT2D eigenvalue weighted by Crippen LogP contribution is 2.32. The molecule has 18 heavy (non-hydrogen) atoms. The van der Waals surface area contributed by atoms with E-state index in [1.807, 2.05) is 19.1 Å². The molecule has 0 aliphatic carbocycles. The van der Waals surface area contributed by atoms with Crippen LogP contribution in [0, 0.1) is 12.8 Å². The monoisotopic (exact) mass is 266 g/mol. The van der Waals surface area contributed by atoms with Crippen molar-refractivity contribution < 1.29 is 8.42 Å². The topological polar surface area (TPSA) is 49.4 Å². The Balaban J connectivity index is 1.98. The number of nitrogens with one attached hydrogen (secondary N) is 1. The van der Waals surface area contributed by atoms with Crippen molar-refractivity contribution in [1.82, 2.24) is 9.62 Å². The Morgan fingerprint density at radius 2 is 2.06 bits per heavy atom. The maximum Gasteiger partial charge on any atom is 0.243 e. The van der Waals surface area contributed by atoms with Crippen molar-refractivity contribution in [3.63, 3.8) is 0 Å². The van der Waals surface area contributed by atoms with Gasteiger partial charge >= 0.3 is 0 Å². The number of nitrogens with zero attached hydrogens (tertiary/aromatic N) is 1. The van der Waals surface area contributed by atoms with E-state index in [0.29, 0.717) is 17.4 Å². The maximum absolute atomic E-state index is 12.7. The van der Waals surface area contributed by atoms with Crippen LogP contribution in [-0.4, -0.2) is 38.4 Å². The van der Waals surface area contributed by atoms with E-state index in [2.05, 4.69) is 5.32 Å². The Labute approximate surface area is 108 Å². The second-order valence-electron chi connectivity index (χ2n) is 5.16. The second kappa shape index (κ2) is 4.33. The van der Waals surface area contributed by atoms with Crippen molar-refractivity contribution >= 4 is 10.0 Å². The first-order chi connectivity index (χ1) is 8.60. The summed E-state index contributed by atoms with van der Waals surface area (Å²) in [6, 6.07) is 7.38. The first-order valence-corrected chi connectivity index (χ1v) is 7.83. The van der Waals surface area contributed by atoms with Gasteiger partial charge in [0.1, 0.15) is 0 Å². The molecular weight excluding hydrogens is 248 g/mol. The molecule has 1 aromatic rings. The molecule has 2 fully saturated rings. The van der Waals surface area contributed by atoms with E-state index < -0.39 is 10.0 Å². The standard InChI is InChI=1S/C13H18N2O2S/c1-10-4-2-3-5-13(10)18(16,17)15-7-6-11-8-14-9-12(11)15/h2-5,11-12,14H,6-9H2,1H3/t11-,12+/m0/s1. The third kappa shape index (κ3) is 1.77. The lowest BCUT2D eigenvalue weighted by Gasteiger charge is -2.23. The van der Waals surface area contributed by atoms with Crippen molar-refractivity contribution in [3.05, 3.63) is 29.8 Å². The lowest BCUT2D eigenvalue weighted by Crippen LogP contribution is -2.39. The number of sulfonamides is 1. The lowest BCUT2D eigenvalue weighted by atomic mass is 10.1. The quantitative estimate of drug-likeness (QED) is 0.868. The lowest BCUT2D eigenvalue weighted by molar-refractivity contribution is 0.382. The van der Waals surface area contributed by atoms with Crippen LogP contribution in [0.15, 0.2) is 29.2 Å². The molecule has 0 radical (unpaired) electrons. The van der Waals surface area contributed by atoms with Gasteiger partial charge in [-0.15, -0.1) is 0 Å². The Morgan fingerprint density at radius 3 is 2.83 bits per heavy atom. The summed E-state index contributed by atoms with van der Waals surface area (Å²) < 4.78 is 27.1. The van der Waals surface area contributed by atoms with Gasteiger partial charge in [-0.2, -0.15) is 4.31 Å². The van der Waals surface area contributed by atoms with Crippen molar-refractivity contribution in [2.75, 3.05) is 19.6 Å². The van der Waals surface area contributed by atoms with E-state index >= 15 is 0 Å². The number of benzene rings is 1. The zero-order valence-corrected chi connectivity index (χ0v) is 11.3. The first-order valence-electron chi connectivity index (χ1n) is 6.39. The van der Waals surface area contributed by atoms with Gasteiger partial charge in [0, 0.05) is 19.1 Å². The zero-order chi connectivity index (χ0) is 12.8. The molecule has 2 aliphatic rings. The molecule has 98 valence electrons. The largest absolute Gasteiger partial charge is 0.315 e. The van der Waals surface area contributed by atoms with Crippen molar-refractivity contribution in [3.8, 4) is 0 Å². The van der Waals surface area contributed by atoms with E-state index in [4.69, 9.17) is 0 Å². The van der Waals surface area contributed by atoms with Gasteiger partial charge in [0.05, 0.1) is 4.90 Å². The van der Waals surface area contributed by atoms with Crippen molar-refractivity contribution in [1.29, 1.82) is 0 Å². The highest BCUT2D eigenvalue weighted by atomic mass is 32.2. The van der Waals surface area contributed by atoms with Crippen LogP contribution in [0.25, 0.3) is 0 Å².